The number of nitrogens with zero attached hydrogens (tertiary/aromatic N) is 1. The minimum Gasteiger partial charge on any atom is -0.396 e. The number of H-pyrrole nitrogens is 1. The average Bonchev–Trinajstić information content (AvgIpc) is 3.13. The van der Waals surface area contributed by atoms with Crippen LogP contribution in [-0.4, -0.2) is 21.9 Å². The number of aliphatic hydroxyl groups excluding tert-OH is 1. The third-order valence-corrected chi connectivity index (χ3v) is 3.29. The highest BCUT2D eigenvalue weighted by Gasteiger charge is 2.29. The first kappa shape index (κ1) is 10.5. The minimum atomic E-state index is 0.180. The van der Waals surface area contributed by atoms with Crippen molar-refractivity contribution in [2.75, 3.05) is 6.61 Å². The van der Waals surface area contributed by atoms with Crippen molar-refractivity contribution in [3.63, 3.8) is 0 Å². The molecule has 2 aromatic rings. The molecular weight excluding hydrogens is 212 g/mol. The van der Waals surface area contributed by atoms with Crippen LogP contribution in [0, 0.1) is 0 Å². The lowest BCUT2D eigenvalue weighted by atomic mass is 10.0. The summed E-state index contributed by atoms with van der Waals surface area (Å²) >= 11 is 0. The van der Waals surface area contributed by atoms with Gasteiger partial charge in [0.05, 0.1) is 5.69 Å². The van der Waals surface area contributed by atoms with Gasteiger partial charge in [-0.25, -0.2) is 0 Å². The van der Waals surface area contributed by atoms with E-state index in [9.17, 15) is 5.11 Å². The summed E-state index contributed by atoms with van der Waals surface area (Å²) in [6, 6.07) is 10.2. The third-order valence-electron chi connectivity index (χ3n) is 3.29. The van der Waals surface area contributed by atoms with Crippen LogP contribution in [0.2, 0.25) is 0 Å². The van der Waals surface area contributed by atoms with Gasteiger partial charge in [0.15, 0.2) is 0 Å². The van der Waals surface area contributed by atoms with E-state index in [-0.39, 0.29) is 6.61 Å². The van der Waals surface area contributed by atoms with Gasteiger partial charge in [0.2, 0.25) is 0 Å². The molecule has 1 aromatic carbocycles. The molecule has 0 bridgehead atoms. The molecule has 1 fully saturated rings. The second-order valence-corrected chi connectivity index (χ2v) is 4.58. The van der Waals surface area contributed by atoms with Gasteiger partial charge in [0, 0.05) is 29.3 Å². The smallest absolute Gasteiger partial charge is 0.0956 e. The number of aliphatic hydroxyl groups is 1. The van der Waals surface area contributed by atoms with E-state index in [0.717, 1.165) is 11.3 Å². The molecule has 2 N–H and O–H groups in total. The maximum absolute atomic E-state index is 9.19. The third kappa shape index (κ3) is 1.98. The van der Waals surface area contributed by atoms with Crippen molar-refractivity contribution in [3.8, 4) is 11.3 Å². The van der Waals surface area contributed by atoms with Crippen LogP contribution in [0.3, 0.4) is 0 Å². The molecule has 0 radical (unpaired) electrons. The summed E-state index contributed by atoms with van der Waals surface area (Å²) in [5, 5.41) is 16.8. The molecule has 1 aromatic heterocycles. The van der Waals surface area contributed by atoms with Crippen LogP contribution in [0.1, 0.15) is 30.0 Å². The Bertz CT molecular complexity index is 500. The molecule has 1 aliphatic rings. The van der Waals surface area contributed by atoms with E-state index < -0.39 is 0 Å². The molecule has 3 heteroatoms. The highest BCUT2D eigenvalue weighted by atomic mass is 16.2. The van der Waals surface area contributed by atoms with Crippen LogP contribution in [0.25, 0.3) is 11.3 Å². The minimum absolute atomic E-state index is 0.180. The Kier molecular flexibility index (Phi) is 2.69. The monoisotopic (exact) mass is 228 g/mol. The Morgan fingerprint density at radius 1 is 1.24 bits per heavy atom. The van der Waals surface area contributed by atoms with Crippen LogP contribution in [0.15, 0.2) is 30.3 Å². The van der Waals surface area contributed by atoms with Crippen LogP contribution in [0.5, 0.6) is 0 Å². The number of aromatic nitrogens is 2. The van der Waals surface area contributed by atoms with E-state index in [2.05, 4.69) is 22.3 Å². The summed E-state index contributed by atoms with van der Waals surface area (Å²) in [7, 11) is 0. The zero-order valence-corrected chi connectivity index (χ0v) is 9.69. The molecule has 1 aliphatic carbocycles. The highest BCUT2D eigenvalue weighted by Crippen LogP contribution is 2.42. The Balaban J connectivity index is 2.04. The van der Waals surface area contributed by atoms with Gasteiger partial charge in [0.1, 0.15) is 0 Å². The summed E-state index contributed by atoms with van der Waals surface area (Å²) in [6.45, 7) is 0.180. The average molecular weight is 228 g/mol. The first-order valence-electron chi connectivity index (χ1n) is 6.13. The number of nitrogens with one attached hydrogen (secondary N) is 1. The van der Waals surface area contributed by atoms with Gasteiger partial charge in [-0.2, -0.15) is 5.10 Å². The molecule has 0 aliphatic heterocycles. The molecule has 0 unspecified atom stereocenters. The van der Waals surface area contributed by atoms with Crippen LogP contribution < -0.4 is 0 Å². The van der Waals surface area contributed by atoms with Crippen molar-refractivity contribution in [1.29, 1.82) is 0 Å². The maximum Gasteiger partial charge on any atom is 0.0956 e. The standard InChI is InChI=1S/C14H16N2O/c17-9-8-12-13(10-4-2-1-3-5-10)15-16-14(12)11-6-7-11/h1-5,11,17H,6-9H2,(H,15,16). The van der Waals surface area contributed by atoms with E-state index in [1.54, 1.807) is 0 Å². The lowest BCUT2D eigenvalue weighted by molar-refractivity contribution is 0.299. The van der Waals surface area contributed by atoms with Gasteiger partial charge < -0.3 is 5.11 Å². The first-order chi connectivity index (χ1) is 8.40. The summed E-state index contributed by atoms with van der Waals surface area (Å²) in [5.74, 6) is 0.640. The second-order valence-electron chi connectivity index (χ2n) is 4.58. The fraction of sp³-hybridized carbons (Fsp3) is 0.357. The number of hydrogen-bond acceptors (Lipinski definition) is 2. The van der Waals surface area contributed by atoms with E-state index >= 15 is 0 Å². The topological polar surface area (TPSA) is 48.9 Å². The Hall–Kier alpha value is -1.61. The zero-order valence-electron chi connectivity index (χ0n) is 9.69. The van der Waals surface area contributed by atoms with Gasteiger partial charge >= 0.3 is 0 Å². The molecule has 0 saturated heterocycles. The predicted molar refractivity (Wildman–Crippen MR) is 66.8 cm³/mol. The first-order valence-corrected chi connectivity index (χ1v) is 6.13. The molecule has 3 nitrogen and oxygen atoms in total. The van der Waals surface area contributed by atoms with Crippen molar-refractivity contribution in [1.82, 2.24) is 10.2 Å². The Morgan fingerprint density at radius 3 is 2.65 bits per heavy atom. The molecule has 1 heterocycles. The second kappa shape index (κ2) is 4.34. The zero-order chi connectivity index (χ0) is 11.7. The summed E-state index contributed by atoms with van der Waals surface area (Å²) in [5.41, 5.74) is 4.56. The predicted octanol–water partition coefficient (Wildman–Crippen LogP) is 2.49. The number of benzene rings is 1. The molecule has 88 valence electrons. The Morgan fingerprint density at radius 2 is 2.00 bits per heavy atom. The molecule has 1 saturated carbocycles. The van der Waals surface area contributed by atoms with Crippen LogP contribution in [0.4, 0.5) is 0 Å². The van der Waals surface area contributed by atoms with E-state index in [0.29, 0.717) is 12.3 Å². The van der Waals surface area contributed by atoms with Crippen molar-refractivity contribution in [2.45, 2.75) is 25.2 Å². The van der Waals surface area contributed by atoms with Crippen molar-refractivity contribution in [3.05, 3.63) is 41.6 Å². The van der Waals surface area contributed by atoms with Crippen LogP contribution in [-0.2, 0) is 6.42 Å². The van der Waals surface area contributed by atoms with Crippen molar-refractivity contribution < 1.29 is 5.11 Å². The van der Waals surface area contributed by atoms with E-state index in [1.807, 2.05) is 18.2 Å². The maximum atomic E-state index is 9.19. The molecular formula is C14H16N2O. The molecule has 0 amide bonds. The fourth-order valence-corrected chi connectivity index (χ4v) is 2.29. The fourth-order valence-electron chi connectivity index (χ4n) is 2.29. The lowest BCUT2D eigenvalue weighted by Gasteiger charge is -2.03. The van der Waals surface area contributed by atoms with Crippen molar-refractivity contribution in [2.24, 2.45) is 0 Å². The molecule has 0 atom stereocenters. The van der Waals surface area contributed by atoms with E-state index in [4.69, 9.17) is 0 Å². The molecule has 0 spiro atoms. The number of rotatable bonds is 4. The highest BCUT2D eigenvalue weighted by molar-refractivity contribution is 5.64. The summed E-state index contributed by atoms with van der Waals surface area (Å²) in [4.78, 5) is 0. The van der Waals surface area contributed by atoms with Gasteiger partial charge in [-0.05, 0) is 19.3 Å². The Labute approximate surface area is 100 Å². The van der Waals surface area contributed by atoms with Gasteiger partial charge in [-0.15, -0.1) is 0 Å². The number of hydrogen-bond donors (Lipinski definition) is 2. The van der Waals surface area contributed by atoms with Crippen molar-refractivity contribution >= 4 is 0 Å². The normalized spacial score (nSPS) is 15.1. The molecule has 17 heavy (non-hydrogen) atoms. The quantitative estimate of drug-likeness (QED) is 0.844. The van der Waals surface area contributed by atoms with Gasteiger partial charge in [0.25, 0.3) is 0 Å². The van der Waals surface area contributed by atoms with E-state index in [1.165, 1.54) is 24.1 Å². The van der Waals surface area contributed by atoms with Gasteiger partial charge in [-0.1, -0.05) is 30.3 Å². The number of aromatic amines is 1. The van der Waals surface area contributed by atoms with Gasteiger partial charge in [-0.3, -0.25) is 5.10 Å². The molecule has 3 rings (SSSR count). The summed E-state index contributed by atoms with van der Waals surface area (Å²) < 4.78 is 0. The largest absolute Gasteiger partial charge is 0.396 e. The summed E-state index contributed by atoms with van der Waals surface area (Å²) in [6.07, 6.45) is 3.18. The lowest BCUT2D eigenvalue weighted by Crippen LogP contribution is -1.96. The SMILES string of the molecule is OCCc1c(-c2ccccc2)n[nH]c1C1CC1. The van der Waals surface area contributed by atoms with Crippen LogP contribution >= 0.6 is 0 Å².